The Hall–Kier alpha value is 0.855. The number of hydrogen-bond acceptors (Lipinski definition) is 2. The second-order valence-electron chi connectivity index (χ2n) is 4.16. The molecule has 0 saturated carbocycles. The first kappa shape index (κ1) is 10.4. The standard InChI is InChI=1S/C9H13O2.ClH.Hg/c1-6(10)8-4-2-7-3-5-9(8)11-7;;/h2,7-9H,3-5H2,1H3;1H;/q;;+1/p-1. The zero-order chi connectivity index (χ0) is 9.42. The van der Waals surface area contributed by atoms with E-state index < -0.39 is 23.3 Å². The maximum absolute atomic E-state index is 11.3. The fourth-order valence-electron chi connectivity index (χ4n) is 2.55. The number of carbonyl (C=O) groups is 1. The zero-order valence-electron chi connectivity index (χ0n) is 7.83. The normalized spacial score (nSPS) is 42.9. The van der Waals surface area contributed by atoms with E-state index in [1.54, 1.807) is 6.92 Å². The summed E-state index contributed by atoms with van der Waals surface area (Å²) in [7, 11) is 6.07. The van der Waals surface area contributed by atoms with Gasteiger partial charge in [-0.2, -0.15) is 0 Å². The van der Waals surface area contributed by atoms with Crippen LogP contribution in [0.3, 0.4) is 0 Å². The molecule has 2 fully saturated rings. The van der Waals surface area contributed by atoms with E-state index in [1.165, 1.54) is 0 Å². The summed E-state index contributed by atoms with van der Waals surface area (Å²) in [4.78, 5) is 11.3. The van der Waals surface area contributed by atoms with Crippen LogP contribution in [0.15, 0.2) is 0 Å². The first-order valence-corrected chi connectivity index (χ1v) is 14.9. The van der Waals surface area contributed by atoms with Gasteiger partial charge >= 0.3 is 94.6 Å². The Morgan fingerprint density at radius 2 is 2.15 bits per heavy atom. The Morgan fingerprint density at radius 3 is 2.77 bits per heavy atom. The summed E-state index contributed by atoms with van der Waals surface area (Å²) in [5.41, 5.74) is 0. The van der Waals surface area contributed by atoms with Gasteiger partial charge < -0.3 is 0 Å². The van der Waals surface area contributed by atoms with Crippen molar-refractivity contribution >= 4 is 14.0 Å². The van der Waals surface area contributed by atoms with Gasteiger partial charge in [-0.25, -0.2) is 0 Å². The predicted molar refractivity (Wildman–Crippen MR) is 46.3 cm³/mol. The van der Waals surface area contributed by atoms with Crippen molar-refractivity contribution in [2.24, 2.45) is 5.92 Å². The predicted octanol–water partition coefficient (Wildman–Crippen LogP) is 2.17. The van der Waals surface area contributed by atoms with Gasteiger partial charge in [0.05, 0.1) is 0 Å². The van der Waals surface area contributed by atoms with E-state index >= 15 is 0 Å². The van der Waals surface area contributed by atoms with Gasteiger partial charge in [-0.15, -0.1) is 0 Å². The number of Topliss-reactive ketones (excluding diaryl/α,β-unsaturated/α-hetero) is 1. The molecule has 0 radical (unpaired) electrons. The average molecular weight is 389 g/mol. The number of ketones is 1. The average Bonchev–Trinajstić information content (AvgIpc) is 2.50. The third-order valence-corrected chi connectivity index (χ3v) is 11.7. The van der Waals surface area contributed by atoms with Crippen molar-refractivity contribution in [3.8, 4) is 0 Å². The summed E-state index contributed by atoms with van der Waals surface area (Å²) >= 11 is -1.23. The fourth-order valence-corrected chi connectivity index (χ4v) is 9.41. The van der Waals surface area contributed by atoms with Gasteiger partial charge in [-0.05, 0) is 0 Å². The zero-order valence-corrected chi connectivity index (χ0v) is 14.1. The second kappa shape index (κ2) is 4.15. The van der Waals surface area contributed by atoms with E-state index in [2.05, 4.69) is 0 Å². The van der Waals surface area contributed by atoms with Gasteiger partial charge in [0.1, 0.15) is 0 Å². The Morgan fingerprint density at radius 1 is 1.46 bits per heavy atom. The molecule has 2 nitrogen and oxygen atoms in total. The first-order chi connectivity index (χ1) is 6.22. The molecular formula is C9H13ClHgO2. The fraction of sp³-hybridized carbons (Fsp3) is 0.889. The second-order valence-corrected chi connectivity index (χ2v) is 12.1. The van der Waals surface area contributed by atoms with Gasteiger partial charge in [0, 0.05) is 0 Å². The van der Waals surface area contributed by atoms with Crippen LogP contribution in [0, 0.1) is 5.92 Å². The van der Waals surface area contributed by atoms with Crippen LogP contribution < -0.4 is 0 Å². The van der Waals surface area contributed by atoms with Gasteiger partial charge in [0.15, 0.2) is 0 Å². The van der Waals surface area contributed by atoms with Crippen molar-refractivity contribution in [1.29, 1.82) is 0 Å². The summed E-state index contributed by atoms with van der Waals surface area (Å²) in [6, 6.07) is 0. The van der Waals surface area contributed by atoms with E-state index in [1.807, 2.05) is 0 Å². The molecule has 13 heavy (non-hydrogen) atoms. The molecule has 0 aliphatic carbocycles. The van der Waals surface area contributed by atoms with Crippen LogP contribution in [0.25, 0.3) is 0 Å². The third-order valence-electron chi connectivity index (χ3n) is 3.34. The van der Waals surface area contributed by atoms with E-state index in [4.69, 9.17) is 13.0 Å². The van der Waals surface area contributed by atoms with Gasteiger partial charge in [0.2, 0.25) is 0 Å². The molecule has 2 rings (SSSR count). The number of halogens is 1. The SMILES string of the molecule is CC(=O)C1C[C@H]([Hg][Cl])C2CCC1O2. The summed E-state index contributed by atoms with van der Waals surface area (Å²) in [5.74, 6) is 0.469. The van der Waals surface area contributed by atoms with Crippen LogP contribution in [0.5, 0.6) is 0 Å². The van der Waals surface area contributed by atoms with Crippen molar-refractivity contribution in [3.05, 3.63) is 0 Å². The Bertz CT molecular complexity index is 222. The van der Waals surface area contributed by atoms with Crippen molar-refractivity contribution in [3.63, 3.8) is 0 Å². The Kier molecular flexibility index (Phi) is 3.32. The molecule has 0 aromatic rings. The molecule has 4 atom stereocenters. The monoisotopic (exact) mass is 390 g/mol. The summed E-state index contributed by atoms with van der Waals surface area (Å²) in [6.07, 6.45) is 3.92. The Balaban J connectivity index is 2.10. The van der Waals surface area contributed by atoms with Crippen molar-refractivity contribution in [2.45, 2.75) is 41.8 Å². The van der Waals surface area contributed by atoms with Crippen LogP contribution in [0.1, 0.15) is 26.2 Å². The first-order valence-electron chi connectivity index (χ1n) is 4.94. The molecule has 2 aliphatic heterocycles. The van der Waals surface area contributed by atoms with Crippen molar-refractivity contribution in [2.75, 3.05) is 0 Å². The van der Waals surface area contributed by atoms with Crippen LogP contribution in [0.2, 0.25) is 3.43 Å². The molecule has 0 spiro atoms. The number of ether oxygens (including phenoxy) is 1. The summed E-state index contributed by atoms with van der Waals surface area (Å²) < 4.78 is 6.44. The number of rotatable bonds is 2. The number of carbonyl (C=O) groups excluding carboxylic acids is 1. The van der Waals surface area contributed by atoms with E-state index in [0.717, 1.165) is 19.3 Å². The van der Waals surface area contributed by atoms with E-state index in [-0.39, 0.29) is 12.0 Å². The quantitative estimate of drug-likeness (QED) is 0.677. The molecule has 70 valence electrons. The summed E-state index contributed by atoms with van der Waals surface area (Å²) in [6.45, 7) is 1.69. The molecule has 4 heteroatoms. The molecule has 0 aromatic carbocycles. The maximum atomic E-state index is 11.3. The number of fused-ring (bicyclic) bond motifs is 2. The van der Waals surface area contributed by atoms with Gasteiger partial charge in [-0.3, -0.25) is 0 Å². The van der Waals surface area contributed by atoms with E-state index in [9.17, 15) is 4.79 Å². The van der Waals surface area contributed by atoms with Crippen molar-refractivity contribution < 1.29 is 32.9 Å². The molecule has 2 bridgehead atoms. The van der Waals surface area contributed by atoms with E-state index in [0.29, 0.717) is 15.3 Å². The van der Waals surface area contributed by atoms with Crippen LogP contribution in [-0.2, 0) is 32.9 Å². The summed E-state index contributed by atoms with van der Waals surface area (Å²) in [5, 5.41) is 0. The molecule has 0 amide bonds. The topological polar surface area (TPSA) is 26.3 Å². The minimum atomic E-state index is -1.23. The molecule has 2 saturated heterocycles. The third kappa shape index (κ3) is 1.95. The van der Waals surface area contributed by atoms with Crippen LogP contribution >= 0.6 is 8.25 Å². The van der Waals surface area contributed by atoms with Crippen molar-refractivity contribution in [1.82, 2.24) is 0 Å². The minimum absolute atomic E-state index is 0.169. The molecule has 3 unspecified atom stereocenters. The van der Waals surface area contributed by atoms with Crippen LogP contribution in [0.4, 0.5) is 0 Å². The molecule has 2 heterocycles. The van der Waals surface area contributed by atoms with Crippen LogP contribution in [-0.4, -0.2) is 18.0 Å². The molecule has 0 aromatic heterocycles. The molecule has 0 N–H and O–H groups in total. The van der Waals surface area contributed by atoms with Gasteiger partial charge in [0.25, 0.3) is 0 Å². The molecule has 2 aliphatic rings. The molecular weight excluding hydrogens is 376 g/mol. The van der Waals surface area contributed by atoms with Gasteiger partial charge in [-0.1, -0.05) is 0 Å². The Labute approximate surface area is 94.2 Å². The number of hydrogen-bond donors (Lipinski definition) is 0.